The van der Waals surface area contributed by atoms with E-state index in [4.69, 9.17) is 4.74 Å². The van der Waals surface area contributed by atoms with Gasteiger partial charge in [0.05, 0.1) is 12.2 Å². The molecule has 0 bridgehead atoms. The van der Waals surface area contributed by atoms with Crippen molar-refractivity contribution in [1.82, 2.24) is 4.90 Å². The van der Waals surface area contributed by atoms with E-state index in [1.54, 1.807) is 0 Å². The van der Waals surface area contributed by atoms with Gasteiger partial charge in [0.25, 0.3) is 0 Å². The van der Waals surface area contributed by atoms with Crippen molar-refractivity contribution in [3.8, 4) is 5.75 Å². The molecule has 0 spiro atoms. The van der Waals surface area contributed by atoms with Gasteiger partial charge in [-0.05, 0) is 37.9 Å². The zero-order valence-electron chi connectivity index (χ0n) is 12.3. The van der Waals surface area contributed by atoms with Gasteiger partial charge in [-0.15, -0.1) is 0 Å². The van der Waals surface area contributed by atoms with Gasteiger partial charge in [-0.2, -0.15) is 0 Å². The molecule has 1 aliphatic carbocycles. The third-order valence-electron chi connectivity index (χ3n) is 4.71. The molecule has 1 heterocycles. The van der Waals surface area contributed by atoms with Crippen molar-refractivity contribution >= 4 is 0 Å². The number of benzene rings is 1. The lowest BCUT2D eigenvalue weighted by Crippen LogP contribution is -2.41. The van der Waals surface area contributed by atoms with E-state index in [1.165, 1.54) is 18.4 Å². The number of fused-ring (bicyclic) bond motifs is 1. The Bertz CT molecular complexity index is 454. The SMILES string of the molecule is CN(CC1CCOc2ccccc21)CC1(O)CCCC1. The summed E-state index contributed by atoms with van der Waals surface area (Å²) in [5.74, 6) is 1.56. The topological polar surface area (TPSA) is 32.7 Å². The normalized spacial score (nSPS) is 24.4. The van der Waals surface area contributed by atoms with Gasteiger partial charge in [-0.25, -0.2) is 0 Å². The molecule has 1 aromatic carbocycles. The molecule has 1 atom stereocenters. The number of hydrogen-bond donors (Lipinski definition) is 1. The molecule has 0 aromatic heterocycles. The summed E-state index contributed by atoms with van der Waals surface area (Å²) in [7, 11) is 2.13. The minimum absolute atomic E-state index is 0.445. The third-order valence-corrected chi connectivity index (χ3v) is 4.71. The van der Waals surface area contributed by atoms with E-state index in [9.17, 15) is 5.11 Å². The molecule has 1 aromatic rings. The number of likely N-dealkylation sites (N-methyl/N-ethyl adjacent to an activating group) is 1. The van der Waals surface area contributed by atoms with Crippen molar-refractivity contribution in [1.29, 1.82) is 0 Å². The lowest BCUT2D eigenvalue weighted by atomic mass is 9.92. The molecule has 1 saturated carbocycles. The van der Waals surface area contributed by atoms with E-state index >= 15 is 0 Å². The molecule has 1 N–H and O–H groups in total. The highest BCUT2D eigenvalue weighted by atomic mass is 16.5. The van der Waals surface area contributed by atoms with Crippen molar-refractivity contribution in [2.24, 2.45) is 0 Å². The fourth-order valence-electron chi connectivity index (χ4n) is 3.74. The number of para-hydroxylation sites is 1. The summed E-state index contributed by atoms with van der Waals surface area (Å²) in [5.41, 5.74) is 0.878. The van der Waals surface area contributed by atoms with Crippen molar-refractivity contribution in [2.75, 3.05) is 26.7 Å². The Kier molecular flexibility index (Phi) is 3.99. The van der Waals surface area contributed by atoms with Crippen molar-refractivity contribution in [2.45, 2.75) is 43.6 Å². The Morgan fingerprint density at radius 3 is 2.85 bits per heavy atom. The number of nitrogens with zero attached hydrogens (tertiary/aromatic N) is 1. The molecule has 1 unspecified atom stereocenters. The first-order chi connectivity index (χ1) is 9.66. The zero-order chi connectivity index (χ0) is 14.0. The fourth-order valence-corrected chi connectivity index (χ4v) is 3.74. The average Bonchev–Trinajstić information content (AvgIpc) is 2.85. The van der Waals surface area contributed by atoms with Gasteiger partial charge in [-0.3, -0.25) is 0 Å². The molecule has 0 saturated heterocycles. The largest absolute Gasteiger partial charge is 0.493 e. The summed E-state index contributed by atoms with van der Waals surface area (Å²) in [6.07, 6.45) is 5.33. The van der Waals surface area contributed by atoms with Crippen LogP contribution in [0.2, 0.25) is 0 Å². The standard InChI is InChI=1S/C17H25NO2/c1-18(13-17(19)9-4-5-10-17)12-14-8-11-20-16-7-3-2-6-15(14)16/h2-3,6-7,14,19H,4-5,8-13H2,1H3. The number of hydrogen-bond acceptors (Lipinski definition) is 3. The van der Waals surface area contributed by atoms with Crippen LogP contribution >= 0.6 is 0 Å². The van der Waals surface area contributed by atoms with Crippen molar-refractivity contribution in [3.63, 3.8) is 0 Å². The van der Waals surface area contributed by atoms with Gasteiger partial charge in [0.1, 0.15) is 5.75 Å². The molecule has 3 rings (SSSR count). The van der Waals surface area contributed by atoms with Gasteiger partial charge in [-0.1, -0.05) is 31.0 Å². The lowest BCUT2D eigenvalue weighted by Gasteiger charge is -2.33. The summed E-state index contributed by atoms with van der Waals surface area (Å²) in [6.45, 7) is 2.61. The van der Waals surface area contributed by atoms with Crippen LogP contribution < -0.4 is 4.74 Å². The first-order valence-corrected chi connectivity index (χ1v) is 7.79. The van der Waals surface area contributed by atoms with Gasteiger partial charge in [0.2, 0.25) is 0 Å². The van der Waals surface area contributed by atoms with Crippen LogP contribution in [0.15, 0.2) is 24.3 Å². The average molecular weight is 275 g/mol. The molecule has 0 radical (unpaired) electrons. The molecule has 1 aliphatic heterocycles. The van der Waals surface area contributed by atoms with Gasteiger partial charge in [0.15, 0.2) is 0 Å². The molecule has 20 heavy (non-hydrogen) atoms. The quantitative estimate of drug-likeness (QED) is 0.917. The summed E-state index contributed by atoms with van der Waals surface area (Å²) in [6, 6.07) is 8.36. The van der Waals surface area contributed by atoms with E-state index in [0.717, 1.165) is 44.7 Å². The highest BCUT2D eigenvalue weighted by molar-refractivity contribution is 5.37. The van der Waals surface area contributed by atoms with Crippen LogP contribution in [-0.4, -0.2) is 42.4 Å². The first-order valence-electron chi connectivity index (χ1n) is 7.79. The van der Waals surface area contributed by atoms with Crippen LogP contribution in [0.3, 0.4) is 0 Å². The van der Waals surface area contributed by atoms with Crippen molar-refractivity contribution < 1.29 is 9.84 Å². The summed E-state index contributed by atoms with van der Waals surface area (Å²) >= 11 is 0. The molecule has 3 nitrogen and oxygen atoms in total. The van der Waals surface area contributed by atoms with E-state index in [1.807, 2.05) is 6.07 Å². The second kappa shape index (κ2) is 5.74. The summed E-state index contributed by atoms with van der Waals surface area (Å²) < 4.78 is 5.72. The van der Waals surface area contributed by atoms with Crippen LogP contribution in [0.4, 0.5) is 0 Å². The molecule has 2 aliphatic rings. The van der Waals surface area contributed by atoms with E-state index in [2.05, 4.69) is 30.1 Å². The Labute approximate surface area is 121 Å². The number of ether oxygens (including phenoxy) is 1. The Hall–Kier alpha value is -1.06. The summed E-state index contributed by atoms with van der Waals surface area (Å²) in [4.78, 5) is 2.30. The third kappa shape index (κ3) is 2.99. The number of aliphatic hydroxyl groups is 1. The molecule has 1 fully saturated rings. The van der Waals surface area contributed by atoms with Crippen LogP contribution in [0.1, 0.15) is 43.6 Å². The van der Waals surface area contributed by atoms with Crippen LogP contribution in [0, 0.1) is 0 Å². The van der Waals surface area contributed by atoms with Gasteiger partial charge < -0.3 is 14.7 Å². The van der Waals surface area contributed by atoms with Gasteiger partial charge >= 0.3 is 0 Å². The fraction of sp³-hybridized carbons (Fsp3) is 0.647. The zero-order valence-corrected chi connectivity index (χ0v) is 12.3. The summed E-state index contributed by atoms with van der Waals surface area (Å²) in [5, 5.41) is 10.5. The van der Waals surface area contributed by atoms with E-state index < -0.39 is 5.60 Å². The Morgan fingerprint density at radius 2 is 2.05 bits per heavy atom. The maximum Gasteiger partial charge on any atom is 0.122 e. The molecular formula is C17H25NO2. The first kappa shape index (κ1) is 13.9. The molecule has 110 valence electrons. The Balaban J connectivity index is 1.63. The molecule has 0 amide bonds. The smallest absolute Gasteiger partial charge is 0.122 e. The maximum atomic E-state index is 10.5. The number of rotatable bonds is 4. The van der Waals surface area contributed by atoms with Crippen LogP contribution in [0.5, 0.6) is 5.75 Å². The van der Waals surface area contributed by atoms with E-state index in [-0.39, 0.29) is 0 Å². The minimum atomic E-state index is -0.445. The maximum absolute atomic E-state index is 10.5. The lowest BCUT2D eigenvalue weighted by molar-refractivity contribution is 0.0142. The van der Waals surface area contributed by atoms with Crippen molar-refractivity contribution in [3.05, 3.63) is 29.8 Å². The second-order valence-corrected chi connectivity index (χ2v) is 6.50. The van der Waals surface area contributed by atoms with E-state index in [0.29, 0.717) is 5.92 Å². The van der Waals surface area contributed by atoms with Gasteiger partial charge in [0, 0.05) is 19.0 Å². The highest BCUT2D eigenvalue weighted by Crippen LogP contribution is 2.35. The second-order valence-electron chi connectivity index (χ2n) is 6.50. The monoisotopic (exact) mass is 275 g/mol. The molecular weight excluding hydrogens is 250 g/mol. The van der Waals surface area contributed by atoms with Crippen LogP contribution in [0.25, 0.3) is 0 Å². The minimum Gasteiger partial charge on any atom is -0.493 e. The predicted octanol–water partition coefficient (Wildman–Crippen LogP) is 2.79. The predicted molar refractivity (Wildman–Crippen MR) is 80.2 cm³/mol. The Morgan fingerprint density at radius 1 is 1.30 bits per heavy atom. The van der Waals surface area contributed by atoms with Crippen LogP contribution in [-0.2, 0) is 0 Å². The molecule has 3 heteroatoms. The highest BCUT2D eigenvalue weighted by Gasteiger charge is 2.33.